The minimum atomic E-state index is -0.875. The van der Waals surface area contributed by atoms with E-state index in [9.17, 15) is 9.35 Å². The van der Waals surface area contributed by atoms with E-state index in [0.717, 1.165) is 0 Å². The fraction of sp³-hybridized carbons (Fsp3) is 0.889. The van der Waals surface area contributed by atoms with Gasteiger partial charge in [0, 0.05) is 7.05 Å². The van der Waals surface area contributed by atoms with E-state index in [2.05, 4.69) is 0 Å². The molecule has 0 saturated heterocycles. The molecular weight excluding hydrogens is 202 g/mol. The molecule has 0 aromatic rings. The average molecular weight is 221 g/mol. The summed E-state index contributed by atoms with van der Waals surface area (Å²) in [6.45, 7) is 5.90. The average Bonchev–Trinajstić information content (AvgIpc) is 1.96. The third-order valence-corrected chi connectivity index (χ3v) is 2.18. The Morgan fingerprint density at radius 1 is 1.50 bits per heavy atom. The first kappa shape index (κ1) is 13.6. The smallest absolute Gasteiger partial charge is 0.410 e. The summed E-state index contributed by atoms with van der Waals surface area (Å²) >= 11 is -0.875. The topological polar surface area (TPSA) is 52.6 Å². The van der Waals surface area contributed by atoms with Gasteiger partial charge in [0.2, 0.25) is 0 Å². The molecule has 0 aliphatic rings. The molecule has 1 atom stereocenters. The number of nitrogens with zero attached hydrogens (tertiary/aromatic N) is 1. The van der Waals surface area contributed by atoms with Gasteiger partial charge in [-0.2, -0.15) is 0 Å². The number of hydrogen-bond acceptors (Lipinski definition) is 3. The molecule has 0 aromatic carbocycles. The molecule has 0 bridgehead atoms. The molecular formula is C9H19NO3S. The maximum Gasteiger partial charge on any atom is 0.410 e. The van der Waals surface area contributed by atoms with Crippen LogP contribution in [0.3, 0.4) is 0 Å². The van der Waals surface area contributed by atoms with Crippen molar-refractivity contribution in [1.29, 1.82) is 0 Å². The molecule has 1 amide bonds. The Bertz CT molecular complexity index is 189. The largest absolute Gasteiger partial charge is 0.617 e. The second-order valence-corrected chi connectivity index (χ2v) is 5.73. The SMILES string of the molecule is CN(CC[S+](C)[O-])C(=O)OC(C)(C)C. The van der Waals surface area contributed by atoms with Gasteiger partial charge in [-0.3, -0.25) is 0 Å². The molecule has 0 saturated carbocycles. The van der Waals surface area contributed by atoms with Crippen molar-refractivity contribution in [3.8, 4) is 0 Å². The van der Waals surface area contributed by atoms with Crippen LogP contribution in [0.4, 0.5) is 4.79 Å². The molecule has 1 unspecified atom stereocenters. The van der Waals surface area contributed by atoms with E-state index in [-0.39, 0.29) is 6.09 Å². The zero-order valence-electron chi connectivity index (χ0n) is 9.49. The van der Waals surface area contributed by atoms with Gasteiger partial charge in [0.05, 0.1) is 12.8 Å². The van der Waals surface area contributed by atoms with Crippen molar-refractivity contribution < 1.29 is 14.1 Å². The van der Waals surface area contributed by atoms with E-state index in [0.29, 0.717) is 12.3 Å². The van der Waals surface area contributed by atoms with Crippen molar-refractivity contribution >= 4 is 17.3 Å². The Balaban J connectivity index is 3.88. The van der Waals surface area contributed by atoms with Crippen LogP contribution in [-0.2, 0) is 15.9 Å². The lowest BCUT2D eigenvalue weighted by molar-refractivity contribution is 0.0309. The fourth-order valence-electron chi connectivity index (χ4n) is 0.697. The predicted molar refractivity (Wildman–Crippen MR) is 57.8 cm³/mol. The van der Waals surface area contributed by atoms with E-state index in [1.807, 2.05) is 20.8 Å². The van der Waals surface area contributed by atoms with Gasteiger partial charge in [0.1, 0.15) is 11.4 Å². The van der Waals surface area contributed by atoms with E-state index < -0.39 is 16.8 Å². The van der Waals surface area contributed by atoms with E-state index in [1.165, 1.54) is 4.90 Å². The Labute approximate surface area is 88.8 Å². The minimum absolute atomic E-state index is 0.372. The number of hydrogen-bond donors (Lipinski definition) is 0. The highest BCUT2D eigenvalue weighted by molar-refractivity contribution is 7.90. The number of ether oxygens (including phenoxy) is 1. The number of carbonyl (C=O) groups excluding carboxylic acids is 1. The van der Waals surface area contributed by atoms with Gasteiger partial charge in [-0.1, -0.05) is 11.2 Å². The molecule has 0 aliphatic carbocycles. The normalized spacial score (nSPS) is 13.6. The molecule has 0 heterocycles. The van der Waals surface area contributed by atoms with Crippen molar-refractivity contribution in [3.05, 3.63) is 0 Å². The second kappa shape index (κ2) is 5.46. The first-order valence-electron chi connectivity index (χ1n) is 4.46. The van der Waals surface area contributed by atoms with Gasteiger partial charge in [-0.25, -0.2) is 4.79 Å². The van der Waals surface area contributed by atoms with Crippen LogP contribution in [-0.4, -0.2) is 46.7 Å². The van der Waals surface area contributed by atoms with Crippen LogP contribution in [0.5, 0.6) is 0 Å². The molecule has 0 aromatic heterocycles. The summed E-state index contributed by atoms with van der Waals surface area (Å²) in [5.41, 5.74) is -0.475. The maximum absolute atomic E-state index is 11.4. The third kappa shape index (κ3) is 7.03. The molecule has 14 heavy (non-hydrogen) atoms. The minimum Gasteiger partial charge on any atom is -0.617 e. The van der Waals surface area contributed by atoms with Crippen LogP contribution >= 0.6 is 0 Å². The van der Waals surface area contributed by atoms with Crippen LogP contribution in [0.15, 0.2) is 0 Å². The van der Waals surface area contributed by atoms with Gasteiger partial charge in [-0.15, -0.1) is 0 Å². The first-order chi connectivity index (χ1) is 6.22. The van der Waals surface area contributed by atoms with Crippen molar-refractivity contribution in [1.82, 2.24) is 4.90 Å². The lowest BCUT2D eigenvalue weighted by atomic mass is 10.2. The van der Waals surface area contributed by atoms with Crippen LogP contribution in [0.25, 0.3) is 0 Å². The Morgan fingerprint density at radius 2 is 2.00 bits per heavy atom. The van der Waals surface area contributed by atoms with E-state index >= 15 is 0 Å². The molecule has 0 spiro atoms. The molecule has 5 heteroatoms. The second-order valence-electron chi connectivity index (χ2n) is 4.18. The summed E-state index contributed by atoms with van der Waals surface area (Å²) in [7, 11) is 1.64. The molecule has 0 radical (unpaired) electrons. The number of rotatable bonds is 3. The van der Waals surface area contributed by atoms with E-state index in [1.54, 1.807) is 13.3 Å². The van der Waals surface area contributed by atoms with Gasteiger partial charge in [-0.05, 0) is 20.8 Å². The van der Waals surface area contributed by atoms with Crippen molar-refractivity contribution in [3.63, 3.8) is 0 Å². The maximum atomic E-state index is 11.4. The third-order valence-electron chi connectivity index (χ3n) is 1.42. The Morgan fingerprint density at radius 3 is 2.36 bits per heavy atom. The molecule has 0 fully saturated rings. The van der Waals surface area contributed by atoms with Crippen molar-refractivity contribution in [2.24, 2.45) is 0 Å². The molecule has 0 aliphatic heterocycles. The van der Waals surface area contributed by atoms with Gasteiger partial charge < -0.3 is 14.2 Å². The molecule has 84 valence electrons. The van der Waals surface area contributed by atoms with Crippen molar-refractivity contribution in [2.75, 3.05) is 25.6 Å². The predicted octanol–water partition coefficient (Wildman–Crippen LogP) is 1.23. The molecule has 4 nitrogen and oxygen atoms in total. The standard InChI is InChI=1S/C9H19NO3S/c1-9(2,3)13-8(11)10(4)6-7-14(5)12/h6-7H2,1-5H3. The lowest BCUT2D eigenvalue weighted by Crippen LogP contribution is -2.36. The van der Waals surface area contributed by atoms with Crippen LogP contribution in [0.1, 0.15) is 20.8 Å². The lowest BCUT2D eigenvalue weighted by Gasteiger charge is -2.24. The van der Waals surface area contributed by atoms with Crippen LogP contribution in [0, 0.1) is 0 Å². The first-order valence-corrected chi connectivity index (χ1v) is 6.19. The quantitative estimate of drug-likeness (QED) is 0.674. The molecule has 0 rings (SSSR count). The highest BCUT2D eigenvalue weighted by Gasteiger charge is 2.19. The highest BCUT2D eigenvalue weighted by atomic mass is 32.2. The Hall–Kier alpha value is -0.420. The van der Waals surface area contributed by atoms with E-state index in [4.69, 9.17) is 4.74 Å². The Kier molecular flexibility index (Phi) is 5.29. The van der Waals surface area contributed by atoms with Crippen molar-refractivity contribution in [2.45, 2.75) is 26.4 Å². The number of carbonyl (C=O) groups is 1. The van der Waals surface area contributed by atoms with Crippen LogP contribution < -0.4 is 0 Å². The monoisotopic (exact) mass is 221 g/mol. The molecule has 0 N–H and O–H groups in total. The van der Waals surface area contributed by atoms with Gasteiger partial charge in [0.25, 0.3) is 0 Å². The van der Waals surface area contributed by atoms with Crippen LogP contribution in [0.2, 0.25) is 0 Å². The summed E-state index contributed by atoms with van der Waals surface area (Å²) in [6.07, 6.45) is 1.24. The zero-order chi connectivity index (χ0) is 11.4. The summed E-state index contributed by atoms with van der Waals surface area (Å²) in [5.74, 6) is 0.482. The summed E-state index contributed by atoms with van der Waals surface area (Å²) < 4.78 is 15.9. The zero-order valence-corrected chi connectivity index (χ0v) is 10.3. The summed E-state index contributed by atoms with van der Waals surface area (Å²) in [5, 5.41) is 0. The fourth-order valence-corrected chi connectivity index (χ4v) is 1.23. The summed E-state index contributed by atoms with van der Waals surface area (Å²) in [4.78, 5) is 12.8. The summed E-state index contributed by atoms with van der Waals surface area (Å²) in [6, 6.07) is 0. The highest BCUT2D eigenvalue weighted by Crippen LogP contribution is 2.08. The van der Waals surface area contributed by atoms with Gasteiger partial charge >= 0.3 is 6.09 Å². The number of amides is 1. The van der Waals surface area contributed by atoms with Gasteiger partial charge in [0.15, 0.2) is 0 Å².